The van der Waals surface area contributed by atoms with Crippen LogP contribution in [0.3, 0.4) is 0 Å². The Bertz CT molecular complexity index is 1260. The molecule has 7 heteroatoms. The molecule has 1 amide bonds. The van der Waals surface area contributed by atoms with Gasteiger partial charge in [0.2, 0.25) is 0 Å². The highest BCUT2D eigenvalue weighted by Gasteiger charge is 2.15. The third-order valence-corrected chi connectivity index (χ3v) is 5.43. The second-order valence-corrected chi connectivity index (χ2v) is 7.83. The summed E-state index contributed by atoms with van der Waals surface area (Å²) in [6.45, 7) is 2.40. The number of pyridine rings is 1. The number of ether oxygens (including phenoxy) is 1. The molecule has 1 unspecified atom stereocenters. The van der Waals surface area contributed by atoms with Gasteiger partial charge in [0.25, 0.3) is 0 Å². The molecule has 0 radical (unpaired) electrons. The van der Waals surface area contributed by atoms with E-state index >= 15 is 0 Å². The number of benzene rings is 3. The zero-order chi connectivity index (χ0) is 22.5. The zero-order valence-corrected chi connectivity index (χ0v) is 18.4. The highest BCUT2D eigenvalue weighted by atomic mass is 35.5. The molecule has 1 heterocycles. The molecule has 0 spiro atoms. The van der Waals surface area contributed by atoms with Gasteiger partial charge in [-0.15, -0.1) is 0 Å². The minimum absolute atomic E-state index is 0.372. The van der Waals surface area contributed by atoms with Crippen LogP contribution in [-0.2, 0) is 4.74 Å². The van der Waals surface area contributed by atoms with Crippen molar-refractivity contribution in [3.63, 3.8) is 0 Å². The number of hydrogen-bond donors (Lipinski definition) is 3. The molecule has 3 aromatic carbocycles. The van der Waals surface area contributed by atoms with Crippen molar-refractivity contribution in [2.45, 2.75) is 26.0 Å². The molecule has 1 aromatic heterocycles. The number of hydrogen-bond acceptors (Lipinski definition) is 5. The van der Waals surface area contributed by atoms with Crippen LogP contribution >= 0.6 is 11.6 Å². The second kappa shape index (κ2) is 9.85. The Morgan fingerprint density at radius 3 is 2.72 bits per heavy atom. The number of aliphatic hydroxyl groups is 1. The van der Waals surface area contributed by atoms with Crippen molar-refractivity contribution in [2.24, 2.45) is 0 Å². The van der Waals surface area contributed by atoms with E-state index in [-0.39, 0.29) is 0 Å². The molecule has 0 aliphatic heterocycles. The second-order valence-electron chi connectivity index (χ2n) is 7.43. The number of aliphatic hydroxyl groups excluding tert-OH is 1. The van der Waals surface area contributed by atoms with E-state index in [1.54, 1.807) is 30.3 Å². The molecule has 4 aromatic rings. The van der Waals surface area contributed by atoms with Crippen LogP contribution in [-0.4, -0.2) is 22.8 Å². The fourth-order valence-corrected chi connectivity index (χ4v) is 3.72. The lowest BCUT2D eigenvalue weighted by atomic mass is 10.1. The molecular formula is C25H24ClN3O3. The Morgan fingerprint density at radius 2 is 1.88 bits per heavy atom. The van der Waals surface area contributed by atoms with Gasteiger partial charge in [0, 0.05) is 22.0 Å². The van der Waals surface area contributed by atoms with Crippen LogP contribution < -0.4 is 10.6 Å². The van der Waals surface area contributed by atoms with E-state index in [9.17, 15) is 9.90 Å². The molecule has 0 fully saturated rings. The fraction of sp³-hybridized carbons (Fsp3) is 0.200. The highest BCUT2D eigenvalue weighted by Crippen LogP contribution is 2.35. The first-order valence-electron chi connectivity index (χ1n) is 10.5. The number of carbonyl (C=O) groups is 1. The average molecular weight is 450 g/mol. The van der Waals surface area contributed by atoms with Crippen molar-refractivity contribution in [3.8, 4) is 0 Å². The van der Waals surface area contributed by atoms with Gasteiger partial charge in [-0.05, 0) is 30.7 Å². The minimum atomic E-state index is -1.03. The highest BCUT2D eigenvalue weighted by molar-refractivity contribution is 6.35. The molecule has 0 aliphatic rings. The van der Waals surface area contributed by atoms with Crippen LogP contribution in [0.5, 0.6) is 0 Å². The fourth-order valence-electron chi connectivity index (χ4n) is 3.50. The third kappa shape index (κ3) is 4.77. The van der Waals surface area contributed by atoms with E-state index in [1.807, 2.05) is 43.3 Å². The Balaban J connectivity index is 1.62. The smallest absolute Gasteiger partial charge is 0.411 e. The van der Waals surface area contributed by atoms with Crippen molar-refractivity contribution >= 4 is 50.9 Å². The number of fused-ring (bicyclic) bond motifs is 2. The topological polar surface area (TPSA) is 83.5 Å². The maximum absolute atomic E-state index is 12.0. The summed E-state index contributed by atoms with van der Waals surface area (Å²) in [4.78, 5) is 16.6. The number of rotatable bonds is 7. The Labute approximate surface area is 191 Å². The van der Waals surface area contributed by atoms with Crippen LogP contribution in [0, 0.1) is 0 Å². The SMILES string of the molecule is CCCCOC(=O)Nc1cccc(C(O)Nc2c3ccccc3nc3c(Cl)cccc23)c1. The minimum Gasteiger partial charge on any atom is -0.449 e. The summed E-state index contributed by atoms with van der Waals surface area (Å²) < 4.78 is 5.14. The number of nitrogens with one attached hydrogen (secondary N) is 2. The van der Waals surface area contributed by atoms with Gasteiger partial charge in [0.1, 0.15) is 0 Å². The Morgan fingerprint density at radius 1 is 1.09 bits per heavy atom. The first kappa shape index (κ1) is 21.9. The summed E-state index contributed by atoms with van der Waals surface area (Å²) in [5, 5.41) is 19.1. The Hall–Kier alpha value is -3.35. The first-order valence-corrected chi connectivity index (χ1v) is 10.9. The molecule has 0 aliphatic carbocycles. The normalized spacial score (nSPS) is 12.0. The summed E-state index contributed by atoms with van der Waals surface area (Å²) in [6.07, 6.45) is 0.220. The largest absolute Gasteiger partial charge is 0.449 e. The quantitative estimate of drug-likeness (QED) is 0.170. The summed E-state index contributed by atoms with van der Waals surface area (Å²) >= 11 is 6.39. The van der Waals surface area contributed by atoms with Crippen molar-refractivity contribution < 1.29 is 14.6 Å². The van der Waals surface area contributed by atoms with Gasteiger partial charge in [-0.3, -0.25) is 5.32 Å². The zero-order valence-electron chi connectivity index (χ0n) is 17.6. The lowest BCUT2D eigenvalue weighted by molar-refractivity contribution is 0.160. The molecule has 1 atom stereocenters. The number of amides is 1. The molecule has 4 rings (SSSR count). The van der Waals surface area contributed by atoms with Crippen LogP contribution in [0.1, 0.15) is 31.6 Å². The molecule has 6 nitrogen and oxygen atoms in total. The van der Waals surface area contributed by atoms with Gasteiger partial charge < -0.3 is 15.2 Å². The van der Waals surface area contributed by atoms with E-state index in [0.717, 1.165) is 34.8 Å². The van der Waals surface area contributed by atoms with E-state index in [0.29, 0.717) is 28.4 Å². The van der Waals surface area contributed by atoms with E-state index in [4.69, 9.17) is 16.3 Å². The Kier molecular flexibility index (Phi) is 6.73. The summed E-state index contributed by atoms with van der Waals surface area (Å²) in [5.74, 6) is 0. The lowest BCUT2D eigenvalue weighted by Crippen LogP contribution is -2.15. The van der Waals surface area contributed by atoms with Gasteiger partial charge in [0.15, 0.2) is 6.23 Å². The number of halogens is 1. The predicted molar refractivity (Wildman–Crippen MR) is 129 cm³/mol. The number of aromatic nitrogens is 1. The van der Waals surface area contributed by atoms with Crippen LogP contribution in [0.15, 0.2) is 66.7 Å². The molecule has 32 heavy (non-hydrogen) atoms. The lowest BCUT2D eigenvalue weighted by Gasteiger charge is -2.19. The number of para-hydroxylation sites is 2. The van der Waals surface area contributed by atoms with Crippen LogP contribution in [0.2, 0.25) is 5.02 Å². The van der Waals surface area contributed by atoms with Gasteiger partial charge in [-0.1, -0.05) is 67.4 Å². The number of carbonyl (C=O) groups excluding carboxylic acids is 1. The van der Waals surface area contributed by atoms with Crippen molar-refractivity contribution in [3.05, 3.63) is 77.3 Å². The van der Waals surface area contributed by atoms with Gasteiger partial charge in [-0.25, -0.2) is 9.78 Å². The van der Waals surface area contributed by atoms with E-state index in [2.05, 4.69) is 15.6 Å². The van der Waals surface area contributed by atoms with Gasteiger partial charge in [0.05, 0.1) is 28.4 Å². The number of anilines is 2. The summed E-state index contributed by atoms with van der Waals surface area (Å²) in [6, 6.07) is 20.2. The number of unbranched alkanes of at least 4 members (excludes halogenated alkanes) is 1. The monoisotopic (exact) mass is 449 g/mol. The third-order valence-electron chi connectivity index (χ3n) is 5.12. The molecule has 164 valence electrons. The molecule has 0 saturated heterocycles. The summed E-state index contributed by atoms with van der Waals surface area (Å²) in [5.41, 5.74) is 3.29. The van der Waals surface area contributed by atoms with E-state index in [1.165, 1.54) is 0 Å². The van der Waals surface area contributed by atoms with Crippen molar-refractivity contribution in [1.82, 2.24) is 4.98 Å². The average Bonchev–Trinajstić information content (AvgIpc) is 2.80. The summed E-state index contributed by atoms with van der Waals surface area (Å²) in [7, 11) is 0. The maximum atomic E-state index is 12.0. The van der Waals surface area contributed by atoms with Crippen molar-refractivity contribution in [2.75, 3.05) is 17.2 Å². The maximum Gasteiger partial charge on any atom is 0.411 e. The van der Waals surface area contributed by atoms with Crippen LogP contribution in [0.25, 0.3) is 21.8 Å². The molecular weight excluding hydrogens is 426 g/mol. The number of nitrogens with zero attached hydrogens (tertiary/aromatic N) is 1. The first-order chi connectivity index (χ1) is 15.6. The van der Waals surface area contributed by atoms with Crippen molar-refractivity contribution in [1.29, 1.82) is 0 Å². The van der Waals surface area contributed by atoms with Gasteiger partial charge in [-0.2, -0.15) is 0 Å². The predicted octanol–water partition coefficient (Wildman–Crippen LogP) is 6.49. The van der Waals surface area contributed by atoms with Gasteiger partial charge >= 0.3 is 6.09 Å². The molecule has 0 saturated carbocycles. The molecule has 3 N–H and O–H groups in total. The van der Waals surface area contributed by atoms with E-state index < -0.39 is 12.3 Å². The van der Waals surface area contributed by atoms with Crippen LogP contribution in [0.4, 0.5) is 16.2 Å². The molecule has 0 bridgehead atoms. The standard InChI is InChI=1S/C25H24ClN3O3/c1-2-3-14-32-25(31)27-17-9-6-8-16(15-17)24(30)29-22-18-10-4-5-13-21(18)28-23-19(22)11-7-12-20(23)26/h4-13,15,24,30H,2-3,14H2,1H3,(H,27,31)(H,28,29).